The minimum atomic E-state index is -3.00. The predicted octanol–water partition coefficient (Wildman–Crippen LogP) is 2.67. The van der Waals surface area contributed by atoms with E-state index in [2.05, 4.69) is 4.98 Å². The van der Waals surface area contributed by atoms with Crippen LogP contribution in [0.4, 0.5) is 0 Å². The van der Waals surface area contributed by atoms with Crippen LogP contribution in [0.5, 0.6) is 0 Å². The fourth-order valence-electron chi connectivity index (χ4n) is 3.16. The van der Waals surface area contributed by atoms with Gasteiger partial charge in [-0.3, -0.25) is 4.79 Å². The van der Waals surface area contributed by atoms with Crippen molar-refractivity contribution in [3.63, 3.8) is 0 Å². The number of sulfone groups is 1. The summed E-state index contributed by atoms with van der Waals surface area (Å²) in [6.45, 7) is 3.88. The molecule has 0 aliphatic carbocycles. The number of hydrogen-bond donors (Lipinski definition) is 0. The lowest BCUT2D eigenvalue weighted by Gasteiger charge is -2.26. The Morgan fingerprint density at radius 2 is 2.08 bits per heavy atom. The van der Waals surface area contributed by atoms with E-state index in [9.17, 15) is 13.2 Å². The van der Waals surface area contributed by atoms with Gasteiger partial charge in [-0.2, -0.15) is 0 Å². The number of rotatable bonds is 4. The largest absolute Gasteiger partial charge is 0.341 e. The van der Waals surface area contributed by atoms with Crippen molar-refractivity contribution in [3.8, 4) is 0 Å². The summed E-state index contributed by atoms with van der Waals surface area (Å²) in [5, 5.41) is 1.60. The number of para-hydroxylation sites is 1. The van der Waals surface area contributed by atoms with Gasteiger partial charge in [0.2, 0.25) is 5.91 Å². The predicted molar refractivity (Wildman–Crippen MR) is 102 cm³/mol. The number of aromatic nitrogens is 1. The van der Waals surface area contributed by atoms with Gasteiger partial charge in [-0.15, -0.1) is 0 Å². The molecule has 3 rings (SSSR count). The van der Waals surface area contributed by atoms with Crippen LogP contribution in [0, 0.1) is 6.92 Å². The summed E-state index contributed by atoms with van der Waals surface area (Å²) in [6, 6.07) is 9.72. The fraction of sp³-hybridized carbons (Fsp3) is 0.444. The van der Waals surface area contributed by atoms with E-state index < -0.39 is 9.84 Å². The van der Waals surface area contributed by atoms with Crippen LogP contribution in [-0.4, -0.2) is 54.1 Å². The Morgan fingerprint density at radius 3 is 2.76 bits per heavy atom. The smallest absolute Gasteiger partial charge is 0.235 e. The van der Waals surface area contributed by atoms with E-state index in [-0.39, 0.29) is 28.7 Å². The van der Waals surface area contributed by atoms with Crippen LogP contribution in [0.1, 0.15) is 18.9 Å². The van der Waals surface area contributed by atoms with Crippen LogP contribution in [0.2, 0.25) is 0 Å². The second kappa shape index (κ2) is 6.96. The number of carbonyl (C=O) groups excluding carboxylic acids is 1. The van der Waals surface area contributed by atoms with E-state index in [1.807, 2.05) is 44.2 Å². The Bertz CT molecular complexity index is 912. The zero-order valence-electron chi connectivity index (χ0n) is 14.6. The molecule has 0 N–H and O–H groups in total. The Balaban J connectivity index is 1.73. The molecule has 0 unspecified atom stereocenters. The van der Waals surface area contributed by atoms with Gasteiger partial charge in [0.25, 0.3) is 0 Å². The van der Waals surface area contributed by atoms with E-state index in [0.717, 1.165) is 21.5 Å². The van der Waals surface area contributed by atoms with Gasteiger partial charge >= 0.3 is 0 Å². The second-order valence-electron chi connectivity index (χ2n) is 6.56. The standard InChI is InChI=1S/C18H22N2O3S2/c1-12-10-17(19-16-7-5-4-6-15(12)16)24-13(2)18(21)20(3)14-8-9-25(22,23)11-14/h4-7,10,13-14H,8-9,11H2,1-3H3/t13-,14-/m1/s1. The highest BCUT2D eigenvalue weighted by Crippen LogP contribution is 2.28. The van der Waals surface area contributed by atoms with Crippen LogP contribution in [0.3, 0.4) is 0 Å². The van der Waals surface area contributed by atoms with Crippen molar-refractivity contribution in [2.24, 2.45) is 0 Å². The van der Waals surface area contributed by atoms with Gasteiger partial charge in [0.1, 0.15) is 0 Å². The number of amides is 1. The van der Waals surface area contributed by atoms with Crippen molar-refractivity contribution >= 4 is 38.4 Å². The van der Waals surface area contributed by atoms with Gasteiger partial charge in [-0.1, -0.05) is 30.0 Å². The van der Waals surface area contributed by atoms with Crippen LogP contribution in [0.25, 0.3) is 10.9 Å². The van der Waals surface area contributed by atoms with Gasteiger partial charge in [0, 0.05) is 18.5 Å². The third-order valence-corrected chi connectivity index (χ3v) is 7.40. The highest BCUT2D eigenvalue weighted by atomic mass is 32.2. The first-order chi connectivity index (χ1) is 11.8. The molecule has 1 aliphatic heterocycles. The second-order valence-corrected chi connectivity index (χ2v) is 10.2. The Labute approximate surface area is 152 Å². The maximum absolute atomic E-state index is 12.7. The maximum Gasteiger partial charge on any atom is 0.235 e. The summed E-state index contributed by atoms with van der Waals surface area (Å²) >= 11 is 1.42. The highest BCUT2D eigenvalue weighted by Gasteiger charge is 2.34. The first-order valence-corrected chi connectivity index (χ1v) is 11.0. The van der Waals surface area contributed by atoms with Crippen LogP contribution >= 0.6 is 11.8 Å². The van der Waals surface area contributed by atoms with Crippen molar-refractivity contribution in [1.82, 2.24) is 9.88 Å². The number of aryl methyl sites for hydroxylation is 1. The number of nitrogens with zero attached hydrogens (tertiary/aromatic N) is 2. The zero-order valence-corrected chi connectivity index (χ0v) is 16.2. The van der Waals surface area contributed by atoms with Crippen LogP contribution in [-0.2, 0) is 14.6 Å². The quantitative estimate of drug-likeness (QED) is 0.765. The number of benzene rings is 1. The van der Waals surface area contributed by atoms with E-state index in [1.54, 1.807) is 11.9 Å². The summed E-state index contributed by atoms with van der Waals surface area (Å²) in [5.41, 5.74) is 2.04. The Kier molecular flexibility index (Phi) is 5.06. The lowest BCUT2D eigenvalue weighted by molar-refractivity contribution is -0.130. The molecule has 0 radical (unpaired) electrons. The van der Waals surface area contributed by atoms with Gasteiger partial charge in [-0.25, -0.2) is 13.4 Å². The molecule has 7 heteroatoms. The number of fused-ring (bicyclic) bond motifs is 1. The monoisotopic (exact) mass is 378 g/mol. The van der Waals surface area contributed by atoms with Crippen molar-refractivity contribution in [1.29, 1.82) is 0 Å². The van der Waals surface area contributed by atoms with Gasteiger partial charge in [-0.05, 0) is 38.0 Å². The van der Waals surface area contributed by atoms with Crippen molar-refractivity contribution in [2.45, 2.75) is 36.6 Å². The minimum Gasteiger partial charge on any atom is -0.341 e. The van der Waals surface area contributed by atoms with Crippen LogP contribution in [0.15, 0.2) is 35.4 Å². The van der Waals surface area contributed by atoms with Crippen molar-refractivity contribution in [3.05, 3.63) is 35.9 Å². The summed E-state index contributed by atoms with van der Waals surface area (Å²) < 4.78 is 23.3. The minimum absolute atomic E-state index is 0.0558. The lowest BCUT2D eigenvalue weighted by atomic mass is 10.1. The molecule has 1 saturated heterocycles. The maximum atomic E-state index is 12.7. The molecule has 2 atom stereocenters. The van der Waals surface area contributed by atoms with Gasteiger partial charge in [0.05, 0.1) is 27.3 Å². The molecular weight excluding hydrogens is 356 g/mol. The SMILES string of the molecule is Cc1cc(S[C@H](C)C(=O)N(C)[C@@H]2CCS(=O)(=O)C2)nc2ccccc12. The number of hydrogen-bond acceptors (Lipinski definition) is 5. The molecule has 25 heavy (non-hydrogen) atoms. The molecule has 134 valence electrons. The molecule has 0 bridgehead atoms. The molecule has 2 aromatic rings. The third kappa shape index (κ3) is 3.98. The first kappa shape index (κ1) is 18.2. The Morgan fingerprint density at radius 1 is 1.36 bits per heavy atom. The number of carbonyl (C=O) groups is 1. The third-order valence-electron chi connectivity index (χ3n) is 4.65. The highest BCUT2D eigenvalue weighted by molar-refractivity contribution is 8.00. The fourth-order valence-corrected chi connectivity index (χ4v) is 5.96. The van der Waals surface area contributed by atoms with Gasteiger partial charge in [0.15, 0.2) is 9.84 Å². The molecule has 2 heterocycles. The lowest BCUT2D eigenvalue weighted by Crippen LogP contribution is -2.41. The number of thioether (sulfide) groups is 1. The van der Waals surface area contributed by atoms with Crippen LogP contribution < -0.4 is 0 Å². The average molecular weight is 379 g/mol. The molecule has 1 amide bonds. The van der Waals surface area contributed by atoms with E-state index in [4.69, 9.17) is 0 Å². The molecule has 1 aromatic heterocycles. The summed E-state index contributed by atoms with van der Waals surface area (Å²) in [6.07, 6.45) is 0.523. The normalized spacial score (nSPS) is 20.5. The van der Waals surface area contributed by atoms with E-state index in [0.29, 0.717) is 6.42 Å². The van der Waals surface area contributed by atoms with E-state index in [1.165, 1.54) is 11.8 Å². The molecule has 1 fully saturated rings. The average Bonchev–Trinajstić information content (AvgIpc) is 2.93. The van der Waals surface area contributed by atoms with Gasteiger partial charge < -0.3 is 4.90 Å². The van der Waals surface area contributed by atoms with E-state index >= 15 is 0 Å². The first-order valence-electron chi connectivity index (χ1n) is 8.27. The Hall–Kier alpha value is -1.60. The molecule has 5 nitrogen and oxygen atoms in total. The molecule has 1 aromatic carbocycles. The summed E-state index contributed by atoms with van der Waals surface area (Å²) in [5.74, 6) is 0.182. The molecule has 0 saturated carbocycles. The van der Waals surface area contributed by atoms with Crippen molar-refractivity contribution in [2.75, 3.05) is 18.6 Å². The molecular formula is C18H22N2O3S2. The summed E-state index contributed by atoms with van der Waals surface area (Å²) in [7, 11) is -1.30. The topological polar surface area (TPSA) is 67.3 Å². The van der Waals surface area contributed by atoms with Crippen molar-refractivity contribution < 1.29 is 13.2 Å². The zero-order chi connectivity index (χ0) is 18.2. The number of pyridine rings is 1. The molecule has 0 spiro atoms. The molecule has 1 aliphatic rings. The summed E-state index contributed by atoms with van der Waals surface area (Å²) in [4.78, 5) is 18.9.